The van der Waals surface area contributed by atoms with Crippen molar-refractivity contribution in [1.82, 2.24) is 4.98 Å². The Hall–Kier alpha value is -1.94. The fraction of sp³-hybridized carbons (Fsp3) is 0.267. The lowest BCUT2D eigenvalue weighted by Crippen LogP contribution is -2.15. The molecule has 19 heavy (non-hydrogen) atoms. The smallest absolute Gasteiger partial charge is 0.138 e. The number of aromatic nitrogens is 1. The van der Waals surface area contributed by atoms with Gasteiger partial charge in [-0.25, -0.2) is 9.37 Å². The fourth-order valence-electron chi connectivity index (χ4n) is 2.12. The average Bonchev–Trinajstić information content (AvgIpc) is 2.37. The van der Waals surface area contributed by atoms with Crippen LogP contribution < -0.4 is 4.90 Å². The zero-order valence-corrected chi connectivity index (χ0v) is 11.3. The minimum absolute atomic E-state index is 0.0892. The van der Waals surface area contributed by atoms with Crippen LogP contribution >= 0.6 is 0 Å². The standard InChI is InChI=1S/C15H17FN2O/c1-10-7-11(2)17-15(14(10)9-19)18(3)13-6-4-5-12(16)8-13/h4-8,19H,9H2,1-3H3. The zero-order valence-electron chi connectivity index (χ0n) is 11.3. The monoisotopic (exact) mass is 260 g/mol. The Kier molecular flexibility index (Phi) is 3.81. The van der Waals surface area contributed by atoms with Crippen molar-refractivity contribution in [3.05, 3.63) is 53.0 Å². The summed E-state index contributed by atoms with van der Waals surface area (Å²) in [5.41, 5.74) is 3.31. The first kappa shape index (κ1) is 13.5. The van der Waals surface area contributed by atoms with Gasteiger partial charge in [-0.15, -0.1) is 0 Å². The number of anilines is 2. The molecule has 0 saturated carbocycles. The molecule has 3 nitrogen and oxygen atoms in total. The van der Waals surface area contributed by atoms with Crippen LogP contribution in [-0.4, -0.2) is 17.1 Å². The van der Waals surface area contributed by atoms with Crippen LogP contribution in [0.2, 0.25) is 0 Å². The van der Waals surface area contributed by atoms with Gasteiger partial charge in [0.2, 0.25) is 0 Å². The topological polar surface area (TPSA) is 36.4 Å². The maximum Gasteiger partial charge on any atom is 0.138 e. The lowest BCUT2D eigenvalue weighted by Gasteiger charge is -2.22. The molecule has 1 aromatic heterocycles. The van der Waals surface area contributed by atoms with Gasteiger partial charge in [0.1, 0.15) is 11.6 Å². The molecule has 0 aliphatic rings. The molecule has 0 aliphatic heterocycles. The molecule has 2 aromatic rings. The first-order valence-corrected chi connectivity index (χ1v) is 6.10. The molecule has 1 N–H and O–H groups in total. The van der Waals surface area contributed by atoms with Crippen LogP contribution in [0, 0.1) is 19.7 Å². The van der Waals surface area contributed by atoms with Gasteiger partial charge in [0.25, 0.3) is 0 Å². The predicted molar refractivity (Wildman–Crippen MR) is 74.1 cm³/mol. The highest BCUT2D eigenvalue weighted by Crippen LogP contribution is 2.28. The second kappa shape index (κ2) is 5.36. The van der Waals surface area contributed by atoms with E-state index in [0.717, 1.165) is 16.8 Å². The van der Waals surface area contributed by atoms with Crippen molar-refractivity contribution in [3.8, 4) is 0 Å². The van der Waals surface area contributed by atoms with E-state index in [9.17, 15) is 9.50 Å². The normalized spacial score (nSPS) is 10.6. The molecule has 0 atom stereocenters. The van der Waals surface area contributed by atoms with Gasteiger partial charge in [-0.1, -0.05) is 6.07 Å². The van der Waals surface area contributed by atoms with Crippen molar-refractivity contribution < 1.29 is 9.50 Å². The summed E-state index contributed by atoms with van der Waals surface area (Å²) in [6, 6.07) is 8.24. The van der Waals surface area contributed by atoms with Crippen LogP contribution in [0.1, 0.15) is 16.8 Å². The number of hydrogen-bond acceptors (Lipinski definition) is 3. The lowest BCUT2D eigenvalue weighted by atomic mass is 10.1. The zero-order chi connectivity index (χ0) is 14.0. The number of aryl methyl sites for hydroxylation is 2. The Morgan fingerprint density at radius 3 is 2.63 bits per heavy atom. The molecule has 2 rings (SSSR count). The molecule has 1 aromatic carbocycles. The Balaban J connectivity index is 2.52. The maximum atomic E-state index is 13.3. The van der Waals surface area contributed by atoms with Gasteiger partial charge < -0.3 is 10.0 Å². The van der Waals surface area contributed by atoms with Gasteiger partial charge in [-0.05, 0) is 43.7 Å². The fourth-order valence-corrected chi connectivity index (χ4v) is 2.12. The van der Waals surface area contributed by atoms with Crippen molar-refractivity contribution in [3.63, 3.8) is 0 Å². The van der Waals surface area contributed by atoms with Crippen molar-refractivity contribution in [2.24, 2.45) is 0 Å². The van der Waals surface area contributed by atoms with Gasteiger partial charge >= 0.3 is 0 Å². The number of halogens is 1. The Labute approximate surface area is 112 Å². The quantitative estimate of drug-likeness (QED) is 0.921. The highest BCUT2D eigenvalue weighted by Gasteiger charge is 2.14. The number of rotatable bonds is 3. The van der Waals surface area contributed by atoms with Crippen LogP contribution in [0.25, 0.3) is 0 Å². The molecule has 0 amide bonds. The summed E-state index contributed by atoms with van der Waals surface area (Å²) in [5.74, 6) is 0.366. The van der Waals surface area contributed by atoms with Gasteiger partial charge in [-0.3, -0.25) is 0 Å². The molecular formula is C15H17FN2O. The summed E-state index contributed by atoms with van der Waals surface area (Å²) < 4.78 is 13.3. The largest absolute Gasteiger partial charge is 0.392 e. The molecular weight excluding hydrogens is 243 g/mol. The second-order valence-electron chi connectivity index (χ2n) is 4.58. The molecule has 0 spiro atoms. The van der Waals surface area contributed by atoms with E-state index >= 15 is 0 Å². The van der Waals surface area contributed by atoms with E-state index in [0.29, 0.717) is 11.5 Å². The Bertz CT molecular complexity index is 599. The van der Waals surface area contributed by atoms with Crippen LogP contribution in [0.4, 0.5) is 15.9 Å². The number of aliphatic hydroxyl groups is 1. The number of aliphatic hydroxyl groups excluding tert-OH is 1. The van der Waals surface area contributed by atoms with E-state index in [1.807, 2.05) is 33.0 Å². The number of nitrogens with zero attached hydrogens (tertiary/aromatic N) is 2. The van der Waals surface area contributed by atoms with E-state index in [2.05, 4.69) is 4.98 Å². The summed E-state index contributed by atoms with van der Waals surface area (Å²) in [5, 5.41) is 9.50. The van der Waals surface area contributed by atoms with E-state index < -0.39 is 0 Å². The summed E-state index contributed by atoms with van der Waals surface area (Å²) in [7, 11) is 1.81. The molecule has 0 unspecified atom stereocenters. The lowest BCUT2D eigenvalue weighted by molar-refractivity contribution is 0.281. The molecule has 0 radical (unpaired) electrons. The Morgan fingerprint density at radius 1 is 1.26 bits per heavy atom. The van der Waals surface area contributed by atoms with Gasteiger partial charge in [0.05, 0.1) is 6.61 Å². The molecule has 100 valence electrons. The predicted octanol–water partition coefficient (Wildman–Crippen LogP) is 3.10. The van der Waals surface area contributed by atoms with Crippen LogP contribution in [0.3, 0.4) is 0 Å². The SMILES string of the molecule is Cc1cc(C)c(CO)c(N(C)c2cccc(F)c2)n1. The number of benzene rings is 1. The highest BCUT2D eigenvalue weighted by molar-refractivity contribution is 5.63. The van der Waals surface area contributed by atoms with Crippen molar-refractivity contribution in [2.45, 2.75) is 20.5 Å². The molecule has 0 bridgehead atoms. The van der Waals surface area contributed by atoms with Crippen molar-refractivity contribution >= 4 is 11.5 Å². The van der Waals surface area contributed by atoms with Crippen LogP contribution in [0.15, 0.2) is 30.3 Å². The average molecular weight is 260 g/mol. The Morgan fingerprint density at radius 2 is 2.00 bits per heavy atom. The summed E-state index contributed by atoms with van der Waals surface area (Å²) >= 11 is 0. The number of hydrogen-bond donors (Lipinski definition) is 1. The van der Waals surface area contributed by atoms with Crippen LogP contribution in [0.5, 0.6) is 0 Å². The van der Waals surface area contributed by atoms with Crippen LogP contribution in [-0.2, 0) is 6.61 Å². The summed E-state index contributed by atoms with van der Waals surface area (Å²) in [4.78, 5) is 6.24. The highest BCUT2D eigenvalue weighted by atomic mass is 19.1. The molecule has 0 saturated heterocycles. The van der Waals surface area contributed by atoms with E-state index in [1.54, 1.807) is 11.0 Å². The molecule has 0 fully saturated rings. The van der Waals surface area contributed by atoms with E-state index in [4.69, 9.17) is 0 Å². The van der Waals surface area contributed by atoms with Gasteiger partial charge in [-0.2, -0.15) is 0 Å². The van der Waals surface area contributed by atoms with E-state index in [-0.39, 0.29) is 12.4 Å². The molecule has 1 heterocycles. The van der Waals surface area contributed by atoms with E-state index in [1.165, 1.54) is 12.1 Å². The molecule has 0 aliphatic carbocycles. The summed E-state index contributed by atoms with van der Waals surface area (Å²) in [6.07, 6.45) is 0. The first-order valence-electron chi connectivity index (χ1n) is 6.10. The minimum Gasteiger partial charge on any atom is -0.392 e. The van der Waals surface area contributed by atoms with Crippen molar-refractivity contribution in [1.29, 1.82) is 0 Å². The third-order valence-corrected chi connectivity index (χ3v) is 3.12. The third-order valence-electron chi connectivity index (χ3n) is 3.12. The molecule has 4 heteroatoms. The first-order chi connectivity index (χ1) is 9.02. The maximum absolute atomic E-state index is 13.3. The van der Waals surface area contributed by atoms with Gasteiger partial charge in [0, 0.05) is 24.0 Å². The van der Waals surface area contributed by atoms with Gasteiger partial charge in [0.15, 0.2) is 0 Å². The number of pyridine rings is 1. The van der Waals surface area contributed by atoms with Crippen molar-refractivity contribution in [2.75, 3.05) is 11.9 Å². The second-order valence-corrected chi connectivity index (χ2v) is 4.58. The summed E-state index contributed by atoms with van der Waals surface area (Å²) in [6.45, 7) is 3.74. The minimum atomic E-state index is -0.292. The third kappa shape index (κ3) is 2.74.